The number of aryl methyl sites for hydroxylation is 1. The number of aromatic nitrogens is 1. The zero-order valence-corrected chi connectivity index (χ0v) is 18.6. The minimum atomic E-state index is -3.62. The third kappa shape index (κ3) is 3.59. The van der Waals surface area contributed by atoms with Crippen LogP contribution in [0.15, 0.2) is 65.7 Å². The Hall–Kier alpha value is -3.10. The monoisotopic (exact) mass is 451 g/mol. The molecule has 2 aliphatic rings. The van der Waals surface area contributed by atoms with Crippen molar-refractivity contribution in [2.45, 2.75) is 30.2 Å². The van der Waals surface area contributed by atoms with Crippen LogP contribution in [0.2, 0.25) is 0 Å². The number of para-hydroxylation sites is 2. The molecule has 0 saturated carbocycles. The van der Waals surface area contributed by atoms with Gasteiger partial charge in [0.05, 0.1) is 6.04 Å². The summed E-state index contributed by atoms with van der Waals surface area (Å²) in [6.07, 6.45) is 4.29. The van der Waals surface area contributed by atoms with E-state index in [-0.39, 0.29) is 10.8 Å². The molecule has 8 heteroatoms. The number of rotatable bonds is 4. The zero-order valence-electron chi connectivity index (χ0n) is 17.8. The highest BCUT2D eigenvalue weighted by atomic mass is 32.2. The number of amides is 1. The summed E-state index contributed by atoms with van der Waals surface area (Å²) < 4.78 is 35.2. The van der Waals surface area contributed by atoms with Crippen molar-refractivity contribution in [3.63, 3.8) is 0 Å². The smallest absolute Gasteiger partial charge is 0.268 e. The highest BCUT2D eigenvalue weighted by Crippen LogP contribution is 2.42. The first-order valence-corrected chi connectivity index (χ1v) is 12.2. The quantitative estimate of drug-likeness (QED) is 0.654. The van der Waals surface area contributed by atoms with Crippen LogP contribution in [0.3, 0.4) is 0 Å². The Balaban J connectivity index is 1.46. The molecule has 1 saturated heterocycles. The largest absolute Gasteiger partial charge is 0.457 e. The van der Waals surface area contributed by atoms with Crippen LogP contribution in [0.4, 0.5) is 0 Å². The molecule has 1 amide bonds. The Kier molecular flexibility index (Phi) is 5.27. The maximum absolute atomic E-state index is 13.3. The molecule has 2 aliphatic heterocycles. The van der Waals surface area contributed by atoms with Crippen LogP contribution in [0.5, 0.6) is 11.5 Å². The van der Waals surface area contributed by atoms with Crippen molar-refractivity contribution in [1.29, 1.82) is 0 Å². The lowest BCUT2D eigenvalue weighted by Crippen LogP contribution is -2.35. The summed E-state index contributed by atoms with van der Waals surface area (Å²) in [5.41, 5.74) is 2.01. The molecule has 7 nitrogen and oxygen atoms in total. The summed E-state index contributed by atoms with van der Waals surface area (Å²) >= 11 is 0. The molecule has 0 unspecified atom stereocenters. The molecule has 32 heavy (non-hydrogen) atoms. The van der Waals surface area contributed by atoms with E-state index < -0.39 is 16.1 Å². The Morgan fingerprint density at radius 1 is 0.969 bits per heavy atom. The number of hydrogen-bond acceptors (Lipinski definition) is 4. The number of benzene rings is 2. The van der Waals surface area contributed by atoms with Crippen molar-refractivity contribution >= 4 is 15.9 Å². The molecule has 2 aromatic carbocycles. The molecular weight excluding hydrogens is 426 g/mol. The van der Waals surface area contributed by atoms with E-state index in [9.17, 15) is 13.2 Å². The number of carbonyl (C=O) groups excluding carboxylic acids is 1. The molecule has 1 aromatic heterocycles. The minimum Gasteiger partial charge on any atom is -0.457 e. The van der Waals surface area contributed by atoms with Gasteiger partial charge in [0, 0.05) is 37.5 Å². The highest BCUT2D eigenvalue weighted by molar-refractivity contribution is 7.89. The summed E-state index contributed by atoms with van der Waals surface area (Å²) in [5, 5.41) is 3.08. The van der Waals surface area contributed by atoms with Gasteiger partial charge in [-0.3, -0.25) is 4.79 Å². The van der Waals surface area contributed by atoms with Crippen LogP contribution in [-0.4, -0.2) is 36.3 Å². The number of fused-ring (bicyclic) bond motifs is 2. The summed E-state index contributed by atoms with van der Waals surface area (Å²) in [5.74, 6) is 1.04. The Morgan fingerprint density at radius 2 is 1.56 bits per heavy atom. The average molecular weight is 452 g/mol. The van der Waals surface area contributed by atoms with Gasteiger partial charge in [-0.15, -0.1) is 0 Å². The van der Waals surface area contributed by atoms with Gasteiger partial charge in [0.2, 0.25) is 10.0 Å². The van der Waals surface area contributed by atoms with E-state index >= 15 is 0 Å². The zero-order chi connectivity index (χ0) is 22.3. The van der Waals surface area contributed by atoms with E-state index in [1.54, 1.807) is 11.6 Å². The van der Waals surface area contributed by atoms with Gasteiger partial charge >= 0.3 is 0 Å². The molecule has 1 N–H and O–H groups in total. The van der Waals surface area contributed by atoms with Gasteiger partial charge in [0.15, 0.2) is 0 Å². The number of ether oxygens (including phenoxy) is 1. The highest BCUT2D eigenvalue weighted by Gasteiger charge is 2.31. The maximum Gasteiger partial charge on any atom is 0.268 e. The van der Waals surface area contributed by atoms with Gasteiger partial charge in [-0.2, -0.15) is 4.31 Å². The first kappa shape index (κ1) is 20.8. The van der Waals surface area contributed by atoms with Crippen molar-refractivity contribution in [3.8, 4) is 11.5 Å². The lowest BCUT2D eigenvalue weighted by molar-refractivity contribution is 0.0933. The normalized spacial score (nSPS) is 16.7. The number of carbonyl (C=O) groups is 1. The van der Waals surface area contributed by atoms with Gasteiger partial charge in [0.25, 0.3) is 5.91 Å². The second kappa shape index (κ2) is 8.11. The molecule has 1 fully saturated rings. The molecule has 0 aliphatic carbocycles. The predicted molar refractivity (Wildman–Crippen MR) is 120 cm³/mol. The maximum atomic E-state index is 13.3. The molecule has 0 radical (unpaired) electrons. The third-order valence-electron chi connectivity index (χ3n) is 6.12. The molecule has 0 bridgehead atoms. The SMILES string of the molecule is Cn1cc(S(=O)(=O)N2CCCCC2)cc1C(=O)NC1c2ccccc2Oc2ccccc21. The van der Waals surface area contributed by atoms with Crippen LogP contribution in [0, 0.1) is 0 Å². The average Bonchev–Trinajstić information content (AvgIpc) is 3.22. The van der Waals surface area contributed by atoms with E-state index in [0.29, 0.717) is 30.3 Å². The second-order valence-electron chi connectivity index (χ2n) is 8.22. The van der Waals surface area contributed by atoms with Gasteiger partial charge in [-0.1, -0.05) is 42.8 Å². The molecule has 5 rings (SSSR count). The Bertz CT molecular complexity index is 1230. The fourth-order valence-corrected chi connectivity index (χ4v) is 6.01. The minimum absolute atomic E-state index is 0.153. The Labute approximate surface area is 187 Å². The van der Waals surface area contributed by atoms with Crippen molar-refractivity contribution in [2.24, 2.45) is 7.05 Å². The van der Waals surface area contributed by atoms with Gasteiger partial charge in [-0.05, 0) is 31.0 Å². The summed E-state index contributed by atoms with van der Waals surface area (Å²) in [6.45, 7) is 1.04. The van der Waals surface area contributed by atoms with Crippen molar-refractivity contribution in [1.82, 2.24) is 14.2 Å². The van der Waals surface area contributed by atoms with Crippen molar-refractivity contribution in [2.75, 3.05) is 13.1 Å². The van der Waals surface area contributed by atoms with Crippen LogP contribution >= 0.6 is 0 Å². The van der Waals surface area contributed by atoms with E-state index in [2.05, 4.69) is 5.32 Å². The van der Waals surface area contributed by atoms with Crippen molar-refractivity contribution < 1.29 is 17.9 Å². The number of sulfonamides is 1. The molecular formula is C24H25N3O4S. The number of hydrogen-bond donors (Lipinski definition) is 1. The van der Waals surface area contributed by atoms with Crippen LogP contribution in [0.1, 0.15) is 46.9 Å². The lowest BCUT2D eigenvalue weighted by Gasteiger charge is -2.28. The molecule has 0 spiro atoms. The fraction of sp³-hybridized carbons (Fsp3) is 0.292. The standard InChI is InChI=1S/C24H25N3O4S/c1-26-16-17(32(29,30)27-13-7-2-8-14-27)15-20(26)24(28)25-23-18-9-3-5-11-21(18)31-22-12-6-4-10-19(22)23/h3-6,9-12,15-16,23H,2,7-8,13-14H2,1H3,(H,25,28). The van der Waals surface area contributed by atoms with E-state index in [1.807, 2.05) is 48.5 Å². The van der Waals surface area contributed by atoms with Crippen LogP contribution < -0.4 is 10.1 Å². The first-order valence-electron chi connectivity index (χ1n) is 10.8. The molecule has 166 valence electrons. The van der Waals surface area contributed by atoms with Gasteiger partial charge < -0.3 is 14.6 Å². The number of nitrogens with one attached hydrogen (secondary N) is 1. The van der Waals surface area contributed by atoms with E-state index in [1.165, 1.54) is 16.6 Å². The van der Waals surface area contributed by atoms with Crippen LogP contribution in [0.25, 0.3) is 0 Å². The fourth-order valence-electron chi connectivity index (χ4n) is 4.43. The topological polar surface area (TPSA) is 80.6 Å². The summed E-state index contributed by atoms with van der Waals surface area (Å²) in [6, 6.07) is 16.2. The van der Waals surface area contributed by atoms with Gasteiger partial charge in [0.1, 0.15) is 22.1 Å². The number of nitrogens with zero attached hydrogens (tertiary/aromatic N) is 2. The van der Waals surface area contributed by atoms with Crippen LogP contribution in [-0.2, 0) is 17.1 Å². The number of piperidine rings is 1. The molecule has 3 aromatic rings. The van der Waals surface area contributed by atoms with Crippen molar-refractivity contribution in [3.05, 3.63) is 77.6 Å². The molecule has 0 atom stereocenters. The summed E-state index contributed by atoms with van der Waals surface area (Å²) in [4.78, 5) is 13.4. The Morgan fingerprint density at radius 3 is 2.19 bits per heavy atom. The lowest BCUT2D eigenvalue weighted by atomic mass is 9.94. The van der Waals surface area contributed by atoms with E-state index in [0.717, 1.165) is 30.4 Å². The molecule has 3 heterocycles. The predicted octanol–water partition coefficient (Wildman–Crippen LogP) is 3.82. The second-order valence-corrected chi connectivity index (χ2v) is 10.2. The third-order valence-corrected chi connectivity index (χ3v) is 7.98. The first-order chi connectivity index (χ1) is 15.4. The van der Waals surface area contributed by atoms with E-state index in [4.69, 9.17) is 4.74 Å². The summed E-state index contributed by atoms with van der Waals surface area (Å²) in [7, 11) is -1.92. The van der Waals surface area contributed by atoms with Gasteiger partial charge in [-0.25, -0.2) is 8.42 Å².